The van der Waals surface area contributed by atoms with E-state index in [1.54, 1.807) is 0 Å². The highest BCUT2D eigenvalue weighted by Gasteiger charge is 2.29. The lowest BCUT2D eigenvalue weighted by Crippen LogP contribution is -2.44. The molecule has 2 N–H and O–H groups in total. The van der Waals surface area contributed by atoms with Crippen molar-refractivity contribution in [1.82, 2.24) is 14.7 Å². The van der Waals surface area contributed by atoms with Crippen molar-refractivity contribution in [3.8, 4) is 17.6 Å². The molecule has 2 fully saturated rings. The minimum atomic E-state index is -0.898. The normalized spacial score (nSPS) is 20.9. The van der Waals surface area contributed by atoms with Crippen molar-refractivity contribution in [2.24, 2.45) is 0 Å². The lowest BCUT2D eigenvalue weighted by molar-refractivity contribution is 0.0350. The summed E-state index contributed by atoms with van der Waals surface area (Å²) in [6.45, 7) is 13.3. The maximum atomic E-state index is 10.8. The Bertz CT molecular complexity index is 763. The predicted octanol–water partition coefficient (Wildman–Crippen LogP) is 2.82. The van der Waals surface area contributed by atoms with E-state index in [1.165, 1.54) is 12.8 Å². The molecule has 2 saturated heterocycles. The zero-order chi connectivity index (χ0) is 21.7. The van der Waals surface area contributed by atoms with Gasteiger partial charge in [-0.2, -0.15) is 0 Å². The van der Waals surface area contributed by atoms with Crippen LogP contribution in [0.5, 0.6) is 5.75 Å². The van der Waals surface area contributed by atoms with Crippen molar-refractivity contribution < 1.29 is 10.2 Å². The predicted molar refractivity (Wildman–Crippen MR) is 123 cm³/mol. The zero-order valence-corrected chi connectivity index (χ0v) is 19.2. The average molecular weight is 414 g/mol. The van der Waals surface area contributed by atoms with Gasteiger partial charge >= 0.3 is 0 Å². The highest BCUT2D eigenvalue weighted by atomic mass is 16.3. The number of rotatable bonds is 5. The van der Waals surface area contributed by atoms with Crippen LogP contribution in [0.1, 0.15) is 56.2 Å². The Kier molecular flexibility index (Phi) is 7.81. The molecule has 0 saturated carbocycles. The Hall–Kier alpha value is -1.58. The first-order chi connectivity index (χ1) is 14.3. The Morgan fingerprint density at radius 1 is 1.10 bits per heavy atom. The third kappa shape index (κ3) is 5.76. The number of aromatic hydroxyl groups is 1. The minimum absolute atomic E-state index is 0.379. The summed E-state index contributed by atoms with van der Waals surface area (Å²) in [4.78, 5) is 7.22. The quantitative estimate of drug-likeness (QED) is 0.727. The van der Waals surface area contributed by atoms with Gasteiger partial charge in [0.25, 0.3) is 0 Å². The Balaban J connectivity index is 1.67. The van der Waals surface area contributed by atoms with Crippen LogP contribution < -0.4 is 0 Å². The number of hydrogen-bond donors (Lipinski definition) is 2. The summed E-state index contributed by atoms with van der Waals surface area (Å²) < 4.78 is 0. The average Bonchev–Trinajstić information content (AvgIpc) is 2.74. The summed E-state index contributed by atoms with van der Waals surface area (Å²) in [6, 6.07) is 4.61. The van der Waals surface area contributed by atoms with Crippen molar-refractivity contribution in [2.45, 2.75) is 64.6 Å². The van der Waals surface area contributed by atoms with E-state index in [0.29, 0.717) is 24.6 Å². The molecule has 0 unspecified atom stereocenters. The summed E-state index contributed by atoms with van der Waals surface area (Å²) in [7, 11) is 2.08. The van der Waals surface area contributed by atoms with Crippen LogP contribution in [0.25, 0.3) is 0 Å². The number of phenolic OH excluding ortho intramolecular Hbond substituents is 1. The molecular weight excluding hydrogens is 374 g/mol. The number of aryl methyl sites for hydroxylation is 1. The molecule has 5 nitrogen and oxygen atoms in total. The second-order valence-corrected chi connectivity index (χ2v) is 9.11. The van der Waals surface area contributed by atoms with Gasteiger partial charge in [-0.25, -0.2) is 0 Å². The molecule has 0 spiro atoms. The summed E-state index contributed by atoms with van der Waals surface area (Å²) in [5.41, 5.74) is 1.77. The van der Waals surface area contributed by atoms with Gasteiger partial charge in [0.15, 0.2) is 0 Å². The number of nitrogens with zero attached hydrogens (tertiary/aromatic N) is 3. The van der Waals surface area contributed by atoms with Gasteiger partial charge in [-0.15, -0.1) is 0 Å². The van der Waals surface area contributed by atoms with Crippen LogP contribution in [0.15, 0.2) is 12.1 Å². The van der Waals surface area contributed by atoms with Gasteiger partial charge < -0.3 is 20.0 Å². The highest BCUT2D eigenvalue weighted by Crippen LogP contribution is 2.27. The first-order valence-corrected chi connectivity index (χ1v) is 11.6. The highest BCUT2D eigenvalue weighted by molar-refractivity contribution is 5.49. The maximum absolute atomic E-state index is 10.8. The standard InChI is InChI=1S/C25H39N3O2/c1-5-28(6-2)23-8-13-27(14-9-23)19-22-18-21(17-20(3)24(22)29)7-10-25(30)11-15-26(4)16-12-25/h17-18,23,29-30H,5-6,8-9,11-16,19H2,1-4H3. The SMILES string of the molecule is CCN(CC)C1CCN(Cc2cc(C#CC3(O)CCN(C)CC3)cc(C)c2O)CC1. The van der Waals surface area contributed by atoms with Crippen molar-refractivity contribution in [2.75, 3.05) is 46.3 Å². The first-order valence-electron chi connectivity index (χ1n) is 11.6. The van der Waals surface area contributed by atoms with E-state index in [2.05, 4.69) is 47.4 Å². The van der Waals surface area contributed by atoms with E-state index in [-0.39, 0.29) is 0 Å². The minimum Gasteiger partial charge on any atom is -0.507 e. The fourth-order valence-corrected chi connectivity index (χ4v) is 4.77. The monoisotopic (exact) mass is 413 g/mol. The van der Waals surface area contributed by atoms with Crippen molar-refractivity contribution >= 4 is 0 Å². The molecule has 1 aromatic carbocycles. The molecule has 0 bridgehead atoms. The van der Waals surface area contributed by atoms with Crippen molar-refractivity contribution in [3.05, 3.63) is 28.8 Å². The van der Waals surface area contributed by atoms with Crippen LogP contribution in [0.3, 0.4) is 0 Å². The van der Waals surface area contributed by atoms with Crippen LogP contribution in [-0.4, -0.2) is 82.9 Å². The number of aliphatic hydroxyl groups is 1. The van der Waals surface area contributed by atoms with Crippen LogP contribution in [0, 0.1) is 18.8 Å². The Morgan fingerprint density at radius 3 is 2.33 bits per heavy atom. The van der Waals surface area contributed by atoms with Crippen LogP contribution in [0.4, 0.5) is 0 Å². The van der Waals surface area contributed by atoms with Gasteiger partial charge in [0.2, 0.25) is 0 Å². The van der Waals surface area contributed by atoms with Crippen LogP contribution >= 0.6 is 0 Å². The third-order valence-corrected chi connectivity index (χ3v) is 6.91. The lowest BCUT2D eigenvalue weighted by Gasteiger charge is -2.37. The molecule has 30 heavy (non-hydrogen) atoms. The largest absolute Gasteiger partial charge is 0.507 e. The van der Waals surface area contributed by atoms with E-state index in [4.69, 9.17) is 0 Å². The molecule has 2 heterocycles. The Morgan fingerprint density at radius 2 is 1.73 bits per heavy atom. The molecule has 0 aromatic heterocycles. The molecule has 166 valence electrons. The van der Waals surface area contributed by atoms with E-state index < -0.39 is 5.60 Å². The van der Waals surface area contributed by atoms with E-state index >= 15 is 0 Å². The number of piperidine rings is 2. The molecule has 0 atom stereocenters. The van der Waals surface area contributed by atoms with Crippen LogP contribution in [0.2, 0.25) is 0 Å². The summed E-state index contributed by atoms with van der Waals surface area (Å²) >= 11 is 0. The topological polar surface area (TPSA) is 50.2 Å². The molecule has 0 amide bonds. The number of benzene rings is 1. The smallest absolute Gasteiger partial charge is 0.128 e. The van der Waals surface area contributed by atoms with Gasteiger partial charge in [0.05, 0.1) is 0 Å². The summed E-state index contributed by atoms with van der Waals surface area (Å²) in [6.07, 6.45) is 3.73. The van der Waals surface area contributed by atoms with E-state index in [0.717, 1.165) is 62.5 Å². The fourth-order valence-electron chi connectivity index (χ4n) is 4.77. The molecule has 2 aliphatic heterocycles. The first kappa shape index (κ1) is 23.1. The lowest BCUT2D eigenvalue weighted by atomic mass is 9.92. The van der Waals surface area contributed by atoms with Gasteiger partial charge in [-0.1, -0.05) is 25.7 Å². The molecular formula is C25H39N3O2. The second-order valence-electron chi connectivity index (χ2n) is 9.11. The fraction of sp³-hybridized carbons (Fsp3) is 0.680. The van der Waals surface area contributed by atoms with Crippen molar-refractivity contribution in [3.63, 3.8) is 0 Å². The summed E-state index contributed by atoms with van der Waals surface area (Å²) in [5, 5.41) is 21.4. The number of likely N-dealkylation sites (tertiary alicyclic amines) is 2. The number of phenols is 1. The molecule has 1 aromatic rings. The molecule has 2 aliphatic rings. The van der Waals surface area contributed by atoms with Gasteiger partial charge in [0.1, 0.15) is 11.4 Å². The molecule has 0 radical (unpaired) electrons. The van der Waals surface area contributed by atoms with Crippen LogP contribution in [-0.2, 0) is 6.54 Å². The maximum Gasteiger partial charge on any atom is 0.128 e. The van der Waals surface area contributed by atoms with E-state index in [1.807, 2.05) is 19.1 Å². The van der Waals surface area contributed by atoms with Gasteiger partial charge in [-0.3, -0.25) is 4.90 Å². The molecule has 5 heteroatoms. The van der Waals surface area contributed by atoms with Gasteiger partial charge in [-0.05, 0) is 70.7 Å². The third-order valence-electron chi connectivity index (χ3n) is 6.91. The molecule has 0 aliphatic carbocycles. The van der Waals surface area contributed by atoms with Crippen molar-refractivity contribution in [1.29, 1.82) is 0 Å². The number of hydrogen-bond acceptors (Lipinski definition) is 5. The second kappa shape index (κ2) is 10.2. The van der Waals surface area contributed by atoms with E-state index in [9.17, 15) is 10.2 Å². The zero-order valence-electron chi connectivity index (χ0n) is 19.2. The molecule has 3 rings (SSSR count). The summed E-state index contributed by atoms with van der Waals surface area (Å²) in [5.74, 6) is 6.70. The Labute approximate surface area is 182 Å². The van der Waals surface area contributed by atoms with Gasteiger partial charge in [0, 0.05) is 49.6 Å².